The minimum absolute atomic E-state index is 0.129. The summed E-state index contributed by atoms with van der Waals surface area (Å²) in [5.41, 5.74) is 2.93. The number of hydrogen-bond acceptors (Lipinski definition) is 1. The molecule has 2 heteroatoms. The molecule has 0 aliphatic carbocycles. The molecule has 0 saturated carbocycles. The zero-order valence-corrected chi connectivity index (χ0v) is 14.1. The normalized spacial score (nSPS) is 14.7. The van der Waals surface area contributed by atoms with Crippen LogP contribution in [0, 0.1) is 0 Å². The van der Waals surface area contributed by atoms with Crippen LogP contribution in [0.2, 0.25) is 0 Å². The van der Waals surface area contributed by atoms with E-state index in [0.717, 1.165) is 25.1 Å². The molecule has 110 valence electrons. The van der Waals surface area contributed by atoms with Crippen LogP contribution in [0.5, 0.6) is 0 Å². The van der Waals surface area contributed by atoms with E-state index in [1.165, 1.54) is 11.4 Å². The van der Waals surface area contributed by atoms with Gasteiger partial charge in [-0.05, 0) is 25.2 Å². The maximum atomic E-state index is 4.98. The molecule has 0 aliphatic heterocycles. The number of hydrogen-bond donors (Lipinski definition) is 1. The Kier molecular flexibility index (Phi) is 4.86. The van der Waals surface area contributed by atoms with Crippen LogP contribution in [0.3, 0.4) is 0 Å². The molecule has 2 nitrogen and oxygen atoms in total. The van der Waals surface area contributed by atoms with Gasteiger partial charge in [0.15, 0.2) is 0 Å². The van der Waals surface area contributed by atoms with Gasteiger partial charge >= 0.3 is 0 Å². The van der Waals surface area contributed by atoms with Crippen LogP contribution in [0.4, 0.5) is 0 Å². The van der Waals surface area contributed by atoms with E-state index in [1.54, 1.807) is 0 Å². The average molecular weight is 264 g/mol. The summed E-state index contributed by atoms with van der Waals surface area (Å²) in [6, 6.07) is 0. The van der Waals surface area contributed by atoms with Crippen LogP contribution in [-0.4, -0.2) is 9.97 Å². The summed E-state index contributed by atoms with van der Waals surface area (Å²) in [6.45, 7) is 18.2. The molecule has 0 bridgehead atoms. The van der Waals surface area contributed by atoms with Gasteiger partial charge in [0, 0.05) is 16.5 Å². The van der Waals surface area contributed by atoms with Crippen molar-refractivity contribution in [1.82, 2.24) is 9.97 Å². The SMILES string of the molecule is CCC(C)c1nc(C(C)(C)CC)[nH]c1C(C)(C)CC. The van der Waals surface area contributed by atoms with Crippen molar-refractivity contribution < 1.29 is 0 Å². The first-order chi connectivity index (χ1) is 8.69. The van der Waals surface area contributed by atoms with Crippen LogP contribution in [0.25, 0.3) is 0 Å². The molecule has 19 heavy (non-hydrogen) atoms. The molecule has 1 rings (SSSR count). The third-order valence-electron chi connectivity index (χ3n) is 4.90. The van der Waals surface area contributed by atoms with E-state index >= 15 is 0 Å². The van der Waals surface area contributed by atoms with E-state index in [1.807, 2.05) is 0 Å². The lowest BCUT2D eigenvalue weighted by molar-refractivity contribution is 0.462. The van der Waals surface area contributed by atoms with Gasteiger partial charge in [-0.2, -0.15) is 0 Å². The number of nitrogens with one attached hydrogen (secondary N) is 1. The van der Waals surface area contributed by atoms with Crippen molar-refractivity contribution in [2.45, 2.75) is 91.4 Å². The van der Waals surface area contributed by atoms with E-state index in [0.29, 0.717) is 5.92 Å². The first-order valence-corrected chi connectivity index (χ1v) is 7.80. The Hall–Kier alpha value is -0.790. The summed E-state index contributed by atoms with van der Waals surface area (Å²) in [5.74, 6) is 1.68. The molecule has 1 heterocycles. The lowest BCUT2D eigenvalue weighted by atomic mass is 9.83. The standard InChI is InChI=1S/C17H32N2/c1-9-12(4)13-14(16(5,6)10-2)19-15(18-13)17(7,8)11-3/h12H,9-11H2,1-8H3,(H,18,19). The van der Waals surface area contributed by atoms with E-state index in [-0.39, 0.29) is 10.8 Å². The highest BCUT2D eigenvalue weighted by Gasteiger charge is 2.31. The Morgan fingerprint density at radius 2 is 1.53 bits per heavy atom. The quantitative estimate of drug-likeness (QED) is 0.742. The largest absolute Gasteiger partial charge is 0.345 e. The number of aromatic amines is 1. The van der Waals surface area contributed by atoms with Crippen LogP contribution in [0.1, 0.15) is 97.8 Å². The minimum Gasteiger partial charge on any atom is -0.345 e. The summed E-state index contributed by atoms with van der Waals surface area (Å²) in [5, 5.41) is 0. The molecule has 0 saturated heterocycles. The topological polar surface area (TPSA) is 28.7 Å². The third kappa shape index (κ3) is 3.21. The van der Waals surface area contributed by atoms with Crippen LogP contribution in [0.15, 0.2) is 0 Å². The molecular formula is C17H32N2. The molecule has 0 radical (unpaired) electrons. The fourth-order valence-corrected chi connectivity index (χ4v) is 2.12. The highest BCUT2D eigenvalue weighted by molar-refractivity contribution is 5.28. The zero-order chi connectivity index (χ0) is 14.8. The minimum atomic E-state index is 0.129. The van der Waals surface area contributed by atoms with Gasteiger partial charge in [0.25, 0.3) is 0 Å². The van der Waals surface area contributed by atoms with Gasteiger partial charge in [-0.25, -0.2) is 4.98 Å². The molecule has 0 aliphatic rings. The van der Waals surface area contributed by atoms with Crippen LogP contribution < -0.4 is 0 Å². The molecule has 1 aromatic heterocycles. The second kappa shape index (κ2) is 5.68. The number of nitrogens with zero attached hydrogens (tertiary/aromatic N) is 1. The molecule has 0 amide bonds. The second-order valence-electron chi connectivity index (χ2n) is 7.13. The molecule has 1 N–H and O–H groups in total. The fraction of sp³-hybridized carbons (Fsp3) is 0.824. The molecule has 0 fully saturated rings. The predicted molar refractivity (Wildman–Crippen MR) is 83.9 cm³/mol. The summed E-state index contributed by atoms with van der Waals surface area (Å²) in [6.07, 6.45) is 3.38. The van der Waals surface area contributed by atoms with Crippen molar-refractivity contribution in [2.24, 2.45) is 0 Å². The predicted octanol–water partition coefficient (Wildman–Crippen LogP) is 5.30. The Bertz CT molecular complexity index is 413. The maximum absolute atomic E-state index is 4.98. The van der Waals surface area contributed by atoms with Gasteiger partial charge in [-0.15, -0.1) is 0 Å². The van der Waals surface area contributed by atoms with Gasteiger partial charge in [0.1, 0.15) is 5.82 Å². The highest BCUT2D eigenvalue weighted by atomic mass is 15.0. The van der Waals surface area contributed by atoms with Gasteiger partial charge < -0.3 is 4.98 Å². The second-order valence-corrected chi connectivity index (χ2v) is 7.13. The van der Waals surface area contributed by atoms with Crippen molar-refractivity contribution >= 4 is 0 Å². The summed E-state index contributed by atoms with van der Waals surface area (Å²) >= 11 is 0. The van der Waals surface area contributed by atoms with Crippen LogP contribution in [-0.2, 0) is 10.8 Å². The van der Waals surface area contributed by atoms with Gasteiger partial charge in [0.05, 0.1) is 5.69 Å². The smallest absolute Gasteiger partial charge is 0.112 e. The molecule has 1 atom stereocenters. The Morgan fingerprint density at radius 3 is 1.95 bits per heavy atom. The molecule has 0 spiro atoms. The average Bonchev–Trinajstić information content (AvgIpc) is 2.84. The van der Waals surface area contributed by atoms with Crippen molar-refractivity contribution in [1.29, 1.82) is 0 Å². The van der Waals surface area contributed by atoms with Crippen LogP contribution >= 0.6 is 0 Å². The van der Waals surface area contributed by atoms with Crippen molar-refractivity contribution in [3.8, 4) is 0 Å². The third-order valence-corrected chi connectivity index (χ3v) is 4.90. The van der Waals surface area contributed by atoms with E-state index in [2.05, 4.69) is 60.4 Å². The Morgan fingerprint density at radius 1 is 1.00 bits per heavy atom. The van der Waals surface area contributed by atoms with Crippen molar-refractivity contribution in [2.75, 3.05) is 0 Å². The number of H-pyrrole nitrogens is 1. The molecule has 0 aromatic carbocycles. The number of aromatic nitrogens is 2. The van der Waals surface area contributed by atoms with Crippen molar-refractivity contribution in [3.63, 3.8) is 0 Å². The maximum Gasteiger partial charge on any atom is 0.112 e. The summed E-state index contributed by atoms with van der Waals surface area (Å²) in [7, 11) is 0. The first-order valence-electron chi connectivity index (χ1n) is 7.80. The van der Waals surface area contributed by atoms with Gasteiger partial charge in [-0.3, -0.25) is 0 Å². The van der Waals surface area contributed by atoms with E-state index < -0.39 is 0 Å². The highest BCUT2D eigenvalue weighted by Crippen LogP contribution is 2.35. The zero-order valence-electron chi connectivity index (χ0n) is 14.1. The lowest BCUT2D eigenvalue weighted by Gasteiger charge is -2.24. The molecular weight excluding hydrogens is 232 g/mol. The Balaban J connectivity index is 3.36. The van der Waals surface area contributed by atoms with Gasteiger partial charge in [-0.1, -0.05) is 55.4 Å². The van der Waals surface area contributed by atoms with E-state index in [4.69, 9.17) is 4.98 Å². The number of imidazole rings is 1. The molecule has 1 unspecified atom stereocenters. The van der Waals surface area contributed by atoms with Gasteiger partial charge in [0.2, 0.25) is 0 Å². The van der Waals surface area contributed by atoms with E-state index in [9.17, 15) is 0 Å². The fourth-order valence-electron chi connectivity index (χ4n) is 2.12. The van der Waals surface area contributed by atoms with Crippen molar-refractivity contribution in [3.05, 3.63) is 17.2 Å². The monoisotopic (exact) mass is 264 g/mol. The summed E-state index contributed by atoms with van der Waals surface area (Å²) < 4.78 is 0. The Labute approximate surface area is 119 Å². The lowest BCUT2D eigenvalue weighted by Crippen LogP contribution is -2.20. The number of rotatable bonds is 6. The molecule has 1 aromatic rings. The first kappa shape index (κ1) is 16.3. The summed E-state index contributed by atoms with van der Waals surface area (Å²) in [4.78, 5) is 8.65.